The predicted octanol–water partition coefficient (Wildman–Crippen LogP) is 0.799. The molecule has 5 nitrogen and oxygen atoms in total. The van der Waals surface area contributed by atoms with E-state index in [9.17, 15) is 9.59 Å². The molecule has 0 heterocycles. The zero-order chi connectivity index (χ0) is 11.6. The highest BCUT2D eigenvalue weighted by Crippen LogP contribution is 1.75. The third-order valence-electron chi connectivity index (χ3n) is 0.903. The molecule has 0 rings (SSSR count). The van der Waals surface area contributed by atoms with Gasteiger partial charge in [-0.2, -0.15) is 0 Å². The summed E-state index contributed by atoms with van der Waals surface area (Å²) in [6.07, 6.45) is 0.553. The summed E-state index contributed by atoms with van der Waals surface area (Å²) in [5.74, 6) is -0.111. The van der Waals surface area contributed by atoms with Crippen molar-refractivity contribution in [3.8, 4) is 0 Å². The Bertz CT molecular complexity index is 190. The van der Waals surface area contributed by atoms with Crippen LogP contribution < -0.4 is 11.1 Å². The van der Waals surface area contributed by atoms with Crippen molar-refractivity contribution in [2.24, 2.45) is 5.73 Å². The average molecular weight is 202 g/mol. The number of hydrogen-bond acceptors (Lipinski definition) is 3. The smallest absolute Gasteiger partial charge is 0.404 e. The van der Waals surface area contributed by atoms with Crippen molar-refractivity contribution in [3.05, 3.63) is 12.7 Å². The normalized spacial score (nSPS) is 8.29. The average Bonchev–Trinajstić information content (AvgIpc) is 2.03. The number of amides is 2. The maximum Gasteiger partial charge on any atom is 0.404 e. The van der Waals surface area contributed by atoms with Gasteiger partial charge in [-0.1, -0.05) is 6.58 Å². The highest BCUT2D eigenvalue weighted by Gasteiger charge is 1.93. The van der Waals surface area contributed by atoms with Crippen molar-refractivity contribution < 1.29 is 14.3 Å². The zero-order valence-corrected chi connectivity index (χ0v) is 8.87. The monoisotopic (exact) mass is 202 g/mol. The molecule has 0 bridgehead atoms. The number of nitrogens with one attached hydrogen (secondary N) is 1. The minimum atomic E-state index is -0.711. The Morgan fingerprint density at radius 2 is 2.07 bits per heavy atom. The molecule has 0 aliphatic carbocycles. The Morgan fingerprint density at radius 1 is 1.57 bits per heavy atom. The molecule has 0 aromatic heterocycles. The fourth-order valence-corrected chi connectivity index (χ4v) is 0.486. The van der Waals surface area contributed by atoms with Crippen LogP contribution in [0.15, 0.2) is 12.7 Å². The van der Waals surface area contributed by atoms with Gasteiger partial charge in [0.15, 0.2) is 0 Å². The second kappa shape index (κ2) is 9.57. The van der Waals surface area contributed by atoms with E-state index in [1.165, 1.54) is 6.08 Å². The van der Waals surface area contributed by atoms with Gasteiger partial charge in [0.25, 0.3) is 0 Å². The first kappa shape index (κ1) is 15.0. The van der Waals surface area contributed by atoms with Crippen LogP contribution >= 0.6 is 0 Å². The van der Waals surface area contributed by atoms with Crippen LogP contribution in [0.1, 0.15) is 20.8 Å². The van der Waals surface area contributed by atoms with Crippen molar-refractivity contribution in [2.45, 2.75) is 26.8 Å². The highest BCUT2D eigenvalue weighted by molar-refractivity contribution is 5.86. The first-order chi connectivity index (χ1) is 6.43. The summed E-state index contributed by atoms with van der Waals surface area (Å²) in [5.41, 5.74) is 4.54. The van der Waals surface area contributed by atoms with E-state index in [0.717, 1.165) is 0 Å². The lowest BCUT2D eigenvalue weighted by molar-refractivity contribution is -0.116. The third kappa shape index (κ3) is 16.8. The standard InChI is InChI=1S/C6H11NO.C3H7NO2/c1-4-6(8)7-5(2)3;1-2-6-3(4)5/h4-5H,1H2,2-3H3,(H,7,8);2H2,1H3,(H2,4,5). The van der Waals surface area contributed by atoms with E-state index in [1.54, 1.807) is 6.92 Å². The van der Waals surface area contributed by atoms with Crippen LogP contribution in [0.3, 0.4) is 0 Å². The van der Waals surface area contributed by atoms with Crippen molar-refractivity contribution >= 4 is 12.0 Å². The Kier molecular flexibility index (Phi) is 10.2. The molecule has 3 N–H and O–H groups in total. The number of rotatable bonds is 3. The molecule has 14 heavy (non-hydrogen) atoms. The van der Waals surface area contributed by atoms with Crippen LogP contribution in [0.4, 0.5) is 4.79 Å². The van der Waals surface area contributed by atoms with E-state index in [2.05, 4.69) is 22.4 Å². The summed E-state index contributed by atoms with van der Waals surface area (Å²) in [5, 5.41) is 2.64. The first-order valence-electron chi connectivity index (χ1n) is 4.29. The minimum absolute atomic E-state index is 0.111. The molecule has 82 valence electrons. The lowest BCUT2D eigenvalue weighted by Crippen LogP contribution is -2.27. The molecular weight excluding hydrogens is 184 g/mol. The number of hydrogen-bond donors (Lipinski definition) is 2. The number of nitrogens with two attached hydrogens (primary N) is 1. The Labute approximate surface area is 84.3 Å². The molecule has 0 fully saturated rings. The van der Waals surface area contributed by atoms with E-state index in [-0.39, 0.29) is 11.9 Å². The molecule has 0 aliphatic rings. The van der Waals surface area contributed by atoms with Crippen molar-refractivity contribution in [3.63, 3.8) is 0 Å². The van der Waals surface area contributed by atoms with Gasteiger partial charge in [-0.15, -0.1) is 0 Å². The maximum atomic E-state index is 10.4. The van der Waals surface area contributed by atoms with Crippen LogP contribution in [0.5, 0.6) is 0 Å². The molecule has 0 atom stereocenters. The topological polar surface area (TPSA) is 81.4 Å². The lowest BCUT2D eigenvalue weighted by Gasteiger charge is -2.02. The largest absolute Gasteiger partial charge is 0.450 e. The van der Waals surface area contributed by atoms with Crippen molar-refractivity contribution in [2.75, 3.05) is 6.61 Å². The number of carbonyl (C=O) groups excluding carboxylic acids is 2. The predicted molar refractivity (Wildman–Crippen MR) is 54.7 cm³/mol. The highest BCUT2D eigenvalue weighted by atomic mass is 16.5. The molecule has 0 radical (unpaired) electrons. The van der Waals surface area contributed by atoms with Gasteiger partial charge in [0.1, 0.15) is 0 Å². The van der Waals surface area contributed by atoms with Gasteiger partial charge < -0.3 is 15.8 Å². The second-order valence-corrected chi connectivity index (χ2v) is 2.62. The third-order valence-corrected chi connectivity index (χ3v) is 0.903. The van der Waals surface area contributed by atoms with E-state index in [4.69, 9.17) is 0 Å². The summed E-state index contributed by atoms with van der Waals surface area (Å²) in [4.78, 5) is 20.0. The van der Waals surface area contributed by atoms with Crippen LogP contribution in [0.2, 0.25) is 0 Å². The van der Waals surface area contributed by atoms with Gasteiger partial charge in [-0.25, -0.2) is 4.79 Å². The van der Waals surface area contributed by atoms with Crippen LogP contribution in [0, 0.1) is 0 Å². The van der Waals surface area contributed by atoms with Gasteiger partial charge in [-0.05, 0) is 26.8 Å². The van der Waals surface area contributed by atoms with Crippen LogP contribution in [-0.4, -0.2) is 24.6 Å². The van der Waals surface area contributed by atoms with Crippen LogP contribution in [-0.2, 0) is 9.53 Å². The molecule has 5 heteroatoms. The molecule has 0 spiro atoms. The number of ether oxygens (including phenoxy) is 1. The van der Waals surface area contributed by atoms with Gasteiger partial charge in [0.2, 0.25) is 5.91 Å². The first-order valence-corrected chi connectivity index (χ1v) is 4.29. The van der Waals surface area contributed by atoms with Crippen LogP contribution in [0.25, 0.3) is 0 Å². The van der Waals surface area contributed by atoms with Crippen molar-refractivity contribution in [1.29, 1.82) is 0 Å². The Morgan fingerprint density at radius 3 is 2.14 bits per heavy atom. The van der Waals surface area contributed by atoms with Gasteiger partial charge in [0.05, 0.1) is 6.61 Å². The van der Waals surface area contributed by atoms with E-state index in [1.807, 2.05) is 13.8 Å². The van der Waals surface area contributed by atoms with Crippen molar-refractivity contribution in [1.82, 2.24) is 5.32 Å². The fraction of sp³-hybridized carbons (Fsp3) is 0.556. The zero-order valence-electron chi connectivity index (χ0n) is 8.87. The number of primary amides is 1. The molecule has 2 amide bonds. The van der Waals surface area contributed by atoms with E-state index >= 15 is 0 Å². The maximum absolute atomic E-state index is 10.4. The molecule has 0 unspecified atom stereocenters. The van der Waals surface area contributed by atoms with E-state index < -0.39 is 6.09 Å². The second-order valence-electron chi connectivity index (χ2n) is 2.62. The lowest BCUT2D eigenvalue weighted by atomic mass is 10.4. The summed E-state index contributed by atoms with van der Waals surface area (Å²) >= 11 is 0. The molecule has 0 saturated heterocycles. The van der Waals surface area contributed by atoms with Gasteiger partial charge in [-0.3, -0.25) is 4.79 Å². The fourth-order valence-electron chi connectivity index (χ4n) is 0.486. The molecule has 0 aromatic carbocycles. The van der Waals surface area contributed by atoms with Gasteiger partial charge >= 0.3 is 6.09 Å². The molecule has 0 saturated carbocycles. The summed E-state index contributed by atoms with van der Waals surface area (Å²) < 4.78 is 4.18. The Hall–Kier alpha value is -1.52. The molecular formula is C9H18N2O3. The molecule has 0 aromatic rings. The summed E-state index contributed by atoms with van der Waals surface area (Å²) in [7, 11) is 0. The van der Waals surface area contributed by atoms with Gasteiger partial charge in [0, 0.05) is 6.04 Å². The summed E-state index contributed by atoms with van der Waals surface area (Å²) in [6, 6.07) is 0.209. The molecule has 0 aliphatic heterocycles. The SMILES string of the molecule is C=CC(=O)NC(C)C.CCOC(N)=O. The number of carbonyl (C=O) groups is 2. The Balaban J connectivity index is 0. The minimum Gasteiger partial charge on any atom is -0.450 e. The van der Waals surface area contributed by atoms with E-state index in [0.29, 0.717) is 6.61 Å². The quantitative estimate of drug-likeness (QED) is 0.664. The summed E-state index contributed by atoms with van der Waals surface area (Å²) in [6.45, 7) is 9.17.